The molecule has 1 heterocycles. The minimum absolute atomic E-state index is 0.00147. The number of aliphatic hydroxyl groups is 1. The Labute approximate surface area is 172 Å². The molecule has 2 aliphatic rings. The summed E-state index contributed by atoms with van der Waals surface area (Å²) in [5.41, 5.74) is 4.45. The van der Waals surface area contributed by atoms with Gasteiger partial charge in [-0.25, -0.2) is 0 Å². The number of aliphatic hydroxyl groups excluding tert-OH is 1. The Morgan fingerprint density at radius 3 is 2.66 bits per heavy atom. The molecule has 2 atom stereocenters. The molecule has 0 radical (unpaired) electrons. The molecule has 0 aromatic heterocycles. The fraction of sp³-hybridized carbons (Fsp3) is 0.458. The number of rotatable bonds is 6. The third kappa shape index (κ3) is 4.80. The van der Waals surface area contributed by atoms with Gasteiger partial charge in [0.2, 0.25) is 5.91 Å². The summed E-state index contributed by atoms with van der Waals surface area (Å²) < 4.78 is 5.99. The first kappa shape index (κ1) is 19.9. The van der Waals surface area contributed by atoms with Crippen molar-refractivity contribution in [1.29, 1.82) is 0 Å². The van der Waals surface area contributed by atoms with Gasteiger partial charge in [-0.15, -0.1) is 0 Å². The lowest BCUT2D eigenvalue weighted by Crippen LogP contribution is -2.33. The van der Waals surface area contributed by atoms with Crippen molar-refractivity contribution in [2.45, 2.75) is 64.4 Å². The van der Waals surface area contributed by atoms with Crippen LogP contribution in [0.1, 0.15) is 67.5 Å². The Balaban J connectivity index is 1.39. The third-order valence-electron chi connectivity index (χ3n) is 5.96. The Morgan fingerprint density at radius 2 is 2.00 bits per heavy atom. The molecule has 0 bridgehead atoms. The normalized spacial score (nSPS) is 20.4. The first-order valence-electron chi connectivity index (χ1n) is 10.5. The van der Waals surface area contributed by atoms with E-state index >= 15 is 0 Å². The second-order valence-corrected chi connectivity index (χ2v) is 8.38. The fourth-order valence-corrected chi connectivity index (χ4v) is 4.11. The molecular weight excluding hydrogens is 364 g/mol. The summed E-state index contributed by atoms with van der Waals surface area (Å²) >= 11 is 0. The molecule has 1 saturated carbocycles. The summed E-state index contributed by atoms with van der Waals surface area (Å²) in [5.74, 6) is 0.855. The zero-order chi connectivity index (χ0) is 20.4. The molecule has 1 aliphatic carbocycles. The van der Waals surface area contributed by atoms with Crippen LogP contribution in [0.5, 0.6) is 5.75 Å². The predicted octanol–water partition coefficient (Wildman–Crippen LogP) is 3.86. The number of carbonyl (C=O) groups excluding carboxylic acids is 1. The summed E-state index contributed by atoms with van der Waals surface area (Å²) in [6.45, 7) is 5.74. The van der Waals surface area contributed by atoms with E-state index in [4.69, 9.17) is 4.74 Å². The summed E-state index contributed by atoms with van der Waals surface area (Å²) in [6, 6.07) is 14.5. The van der Waals surface area contributed by atoms with Gasteiger partial charge < -0.3 is 15.2 Å². The first-order valence-corrected chi connectivity index (χ1v) is 10.5. The van der Waals surface area contributed by atoms with Gasteiger partial charge in [-0.1, -0.05) is 30.3 Å². The van der Waals surface area contributed by atoms with Crippen molar-refractivity contribution in [1.82, 2.24) is 10.2 Å². The number of carbonyl (C=O) groups is 1. The highest BCUT2D eigenvalue weighted by Gasteiger charge is 2.25. The molecule has 1 aliphatic heterocycles. The van der Waals surface area contributed by atoms with Crippen LogP contribution in [0.25, 0.3) is 0 Å². The monoisotopic (exact) mass is 394 g/mol. The zero-order valence-corrected chi connectivity index (χ0v) is 17.2. The predicted molar refractivity (Wildman–Crippen MR) is 112 cm³/mol. The topological polar surface area (TPSA) is 61.8 Å². The van der Waals surface area contributed by atoms with Gasteiger partial charge in [-0.3, -0.25) is 9.69 Å². The van der Waals surface area contributed by atoms with E-state index in [0.29, 0.717) is 12.6 Å². The molecule has 2 N–H and O–H groups in total. The lowest BCUT2D eigenvalue weighted by atomic mass is 9.95. The quantitative estimate of drug-likeness (QED) is 0.781. The van der Waals surface area contributed by atoms with Crippen LogP contribution in [0.2, 0.25) is 0 Å². The second kappa shape index (κ2) is 8.56. The SMILES string of the molecule is CC(=O)N[C@@H](C)c1ccc(CN2Cc3ccc(OC4CCC4)cc3C(O)C2)cc1. The van der Waals surface area contributed by atoms with Crippen LogP contribution in [0, 0.1) is 0 Å². The Hall–Kier alpha value is -2.37. The summed E-state index contributed by atoms with van der Waals surface area (Å²) in [6.07, 6.45) is 3.37. The maximum atomic E-state index is 11.2. The van der Waals surface area contributed by atoms with E-state index in [1.54, 1.807) is 0 Å². The standard InChI is InChI=1S/C24H30N2O3/c1-16(25-17(2)27)19-8-6-18(7-9-19)13-26-14-20-10-11-22(29-21-4-3-5-21)12-23(20)24(28)15-26/h6-12,16,21,24,28H,3-5,13-15H2,1-2H3,(H,25,27)/t16-,24?/m0/s1. The summed E-state index contributed by atoms with van der Waals surface area (Å²) in [7, 11) is 0. The van der Waals surface area contributed by atoms with Gasteiger partial charge in [0.15, 0.2) is 0 Å². The van der Waals surface area contributed by atoms with E-state index in [9.17, 15) is 9.90 Å². The maximum absolute atomic E-state index is 11.2. The molecule has 5 nitrogen and oxygen atoms in total. The van der Waals surface area contributed by atoms with E-state index in [1.807, 2.05) is 19.1 Å². The van der Waals surface area contributed by atoms with E-state index in [-0.39, 0.29) is 11.9 Å². The maximum Gasteiger partial charge on any atom is 0.217 e. The number of fused-ring (bicyclic) bond motifs is 1. The van der Waals surface area contributed by atoms with Crippen molar-refractivity contribution in [3.8, 4) is 5.75 Å². The molecular formula is C24H30N2O3. The van der Waals surface area contributed by atoms with Crippen LogP contribution in [0.4, 0.5) is 0 Å². The number of benzene rings is 2. The first-order chi connectivity index (χ1) is 14.0. The van der Waals surface area contributed by atoms with E-state index < -0.39 is 6.10 Å². The number of amides is 1. The molecule has 29 heavy (non-hydrogen) atoms. The van der Waals surface area contributed by atoms with Crippen LogP contribution in [-0.2, 0) is 17.9 Å². The zero-order valence-electron chi connectivity index (χ0n) is 17.2. The van der Waals surface area contributed by atoms with Gasteiger partial charge >= 0.3 is 0 Å². The lowest BCUT2D eigenvalue weighted by molar-refractivity contribution is -0.119. The van der Waals surface area contributed by atoms with Crippen molar-refractivity contribution in [2.24, 2.45) is 0 Å². The minimum Gasteiger partial charge on any atom is -0.490 e. The number of β-amino-alcohol motifs (C(OH)–C–C–N with tert-alkyl or cyclic N) is 1. The van der Waals surface area contributed by atoms with Crippen LogP contribution >= 0.6 is 0 Å². The van der Waals surface area contributed by atoms with Crippen molar-refractivity contribution in [3.05, 3.63) is 64.7 Å². The average Bonchev–Trinajstić information content (AvgIpc) is 2.65. The van der Waals surface area contributed by atoms with Crippen LogP contribution in [0.3, 0.4) is 0 Å². The van der Waals surface area contributed by atoms with Gasteiger partial charge in [-0.2, -0.15) is 0 Å². The molecule has 1 unspecified atom stereocenters. The van der Waals surface area contributed by atoms with Crippen molar-refractivity contribution >= 4 is 5.91 Å². The second-order valence-electron chi connectivity index (χ2n) is 8.38. The van der Waals surface area contributed by atoms with Gasteiger partial charge in [-0.05, 0) is 60.6 Å². The minimum atomic E-state index is -0.497. The molecule has 5 heteroatoms. The van der Waals surface area contributed by atoms with Crippen molar-refractivity contribution < 1.29 is 14.6 Å². The van der Waals surface area contributed by atoms with Gasteiger partial charge in [0.25, 0.3) is 0 Å². The van der Waals surface area contributed by atoms with Gasteiger partial charge in [0.1, 0.15) is 5.75 Å². The average molecular weight is 395 g/mol. The molecule has 1 fully saturated rings. The van der Waals surface area contributed by atoms with Crippen LogP contribution in [0.15, 0.2) is 42.5 Å². The lowest BCUT2D eigenvalue weighted by Gasteiger charge is -2.33. The van der Waals surface area contributed by atoms with Gasteiger partial charge in [0, 0.05) is 26.6 Å². The van der Waals surface area contributed by atoms with E-state index in [2.05, 4.69) is 40.5 Å². The summed E-state index contributed by atoms with van der Waals surface area (Å²) in [5, 5.41) is 13.6. The molecule has 154 valence electrons. The third-order valence-corrected chi connectivity index (χ3v) is 5.96. The highest BCUT2D eigenvalue weighted by molar-refractivity contribution is 5.73. The highest BCUT2D eigenvalue weighted by atomic mass is 16.5. The highest BCUT2D eigenvalue weighted by Crippen LogP contribution is 2.32. The largest absolute Gasteiger partial charge is 0.490 e. The van der Waals surface area contributed by atoms with Crippen molar-refractivity contribution in [3.63, 3.8) is 0 Å². The fourth-order valence-electron chi connectivity index (χ4n) is 4.11. The van der Waals surface area contributed by atoms with Crippen LogP contribution < -0.4 is 10.1 Å². The molecule has 4 rings (SSSR count). The Morgan fingerprint density at radius 1 is 1.24 bits per heavy atom. The van der Waals surface area contributed by atoms with E-state index in [0.717, 1.165) is 42.8 Å². The van der Waals surface area contributed by atoms with E-state index in [1.165, 1.54) is 24.5 Å². The van der Waals surface area contributed by atoms with Crippen LogP contribution in [-0.4, -0.2) is 28.6 Å². The smallest absolute Gasteiger partial charge is 0.217 e. The molecule has 1 amide bonds. The Kier molecular flexibility index (Phi) is 5.88. The number of hydrogen-bond donors (Lipinski definition) is 2. The number of hydrogen-bond acceptors (Lipinski definition) is 4. The number of ether oxygens (including phenoxy) is 1. The number of nitrogens with one attached hydrogen (secondary N) is 1. The molecule has 0 spiro atoms. The molecule has 2 aromatic carbocycles. The number of nitrogens with zero attached hydrogens (tertiary/aromatic N) is 1. The summed E-state index contributed by atoms with van der Waals surface area (Å²) in [4.78, 5) is 13.5. The van der Waals surface area contributed by atoms with Gasteiger partial charge in [0.05, 0.1) is 18.2 Å². The Bertz CT molecular complexity index is 861. The molecule has 2 aromatic rings. The molecule has 0 saturated heterocycles. The van der Waals surface area contributed by atoms with Crippen molar-refractivity contribution in [2.75, 3.05) is 6.54 Å².